The van der Waals surface area contributed by atoms with E-state index in [1.807, 2.05) is 11.0 Å². The van der Waals surface area contributed by atoms with E-state index < -0.39 is 34.5 Å². The molecule has 1 aromatic heterocycles. The first-order valence-corrected chi connectivity index (χ1v) is 11.4. The van der Waals surface area contributed by atoms with Gasteiger partial charge in [0, 0.05) is 19.2 Å². The number of halogens is 4. The first-order chi connectivity index (χ1) is 16.2. The van der Waals surface area contributed by atoms with Crippen molar-refractivity contribution in [2.24, 2.45) is 0 Å². The Morgan fingerprint density at radius 3 is 2.76 bits per heavy atom. The molecular formula is C21H20Cl3FN4O5. The van der Waals surface area contributed by atoms with Crippen LogP contribution in [0.2, 0.25) is 0 Å². The lowest BCUT2D eigenvalue weighted by Crippen LogP contribution is -2.40. The number of carbonyl (C=O) groups excluding carboxylic acids is 2. The van der Waals surface area contributed by atoms with E-state index >= 15 is 0 Å². The lowest BCUT2D eigenvalue weighted by molar-refractivity contribution is 0.133. The third-order valence-electron chi connectivity index (χ3n) is 5.18. The summed E-state index contributed by atoms with van der Waals surface area (Å²) in [6.45, 7) is 0.785. The highest BCUT2D eigenvalue weighted by atomic mass is 35.6. The van der Waals surface area contributed by atoms with E-state index in [0.717, 1.165) is 11.3 Å². The molecule has 0 aliphatic carbocycles. The zero-order valence-electron chi connectivity index (χ0n) is 17.7. The molecule has 2 aromatic rings. The summed E-state index contributed by atoms with van der Waals surface area (Å²) in [6.07, 6.45) is 3.83. The Bertz CT molecular complexity index is 1060. The van der Waals surface area contributed by atoms with Gasteiger partial charge >= 0.3 is 12.2 Å². The molecule has 13 heteroatoms. The summed E-state index contributed by atoms with van der Waals surface area (Å²) in [5.41, 5.74) is 0.805. The monoisotopic (exact) mass is 532 g/mol. The van der Waals surface area contributed by atoms with Crippen molar-refractivity contribution in [1.82, 2.24) is 5.16 Å². The molecule has 1 fully saturated rings. The summed E-state index contributed by atoms with van der Waals surface area (Å²) in [4.78, 5) is 29.4. The molecule has 2 aliphatic heterocycles. The van der Waals surface area contributed by atoms with Gasteiger partial charge in [0.2, 0.25) is 3.79 Å². The Labute approximate surface area is 209 Å². The quantitative estimate of drug-likeness (QED) is 0.385. The largest absolute Gasteiger partial charge is 0.445 e. The van der Waals surface area contributed by atoms with Gasteiger partial charge in [-0.2, -0.15) is 0 Å². The SMILES string of the molecule is O=C1O[C@@H](CN(C(=O)OCC(Cl)(Cl)Cl)c2ccon2)CN1c1ccc(N2CC=CCC2)c(F)c1. The molecule has 182 valence electrons. The van der Waals surface area contributed by atoms with E-state index in [2.05, 4.69) is 11.2 Å². The normalized spacial score (nSPS) is 18.2. The number of benzene rings is 1. The van der Waals surface area contributed by atoms with Crippen LogP contribution in [0, 0.1) is 5.82 Å². The first kappa shape index (κ1) is 24.4. The van der Waals surface area contributed by atoms with Gasteiger partial charge in [-0.1, -0.05) is 52.1 Å². The predicted octanol–water partition coefficient (Wildman–Crippen LogP) is 4.92. The van der Waals surface area contributed by atoms with Gasteiger partial charge < -0.3 is 18.9 Å². The van der Waals surface area contributed by atoms with E-state index in [1.54, 1.807) is 12.1 Å². The van der Waals surface area contributed by atoms with Crippen LogP contribution in [0.1, 0.15) is 6.42 Å². The maximum Gasteiger partial charge on any atom is 0.415 e. The molecule has 34 heavy (non-hydrogen) atoms. The number of anilines is 3. The molecule has 0 N–H and O–H groups in total. The van der Waals surface area contributed by atoms with Gasteiger partial charge in [-0.3, -0.25) is 9.80 Å². The Morgan fingerprint density at radius 1 is 1.29 bits per heavy atom. The fraction of sp³-hybridized carbons (Fsp3) is 0.381. The van der Waals surface area contributed by atoms with Crippen molar-refractivity contribution >= 4 is 64.2 Å². The first-order valence-electron chi connectivity index (χ1n) is 10.3. The van der Waals surface area contributed by atoms with Crippen molar-refractivity contribution < 1.29 is 28.0 Å². The van der Waals surface area contributed by atoms with Gasteiger partial charge in [0.05, 0.1) is 24.5 Å². The van der Waals surface area contributed by atoms with Crippen molar-refractivity contribution in [3.8, 4) is 0 Å². The fourth-order valence-electron chi connectivity index (χ4n) is 3.64. The molecule has 1 saturated heterocycles. The van der Waals surface area contributed by atoms with Crippen LogP contribution in [-0.2, 0) is 9.47 Å². The second-order valence-corrected chi connectivity index (χ2v) is 10.1. The highest BCUT2D eigenvalue weighted by molar-refractivity contribution is 6.67. The van der Waals surface area contributed by atoms with Gasteiger partial charge in [-0.05, 0) is 24.6 Å². The number of aromatic nitrogens is 1. The molecule has 2 aliphatic rings. The second kappa shape index (κ2) is 10.3. The average Bonchev–Trinajstić information content (AvgIpc) is 3.45. The highest BCUT2D eigenvalue weighted by Gasteiger charge is 2.37. The number of amides is 2. The Morgan fingerprint density at radius 2 is 2.12 bits per heavy atom. The summed E-state index contributed by atoms with van der Waals surface area (Å²) in [7, 11) is 0. The van der Waals surface area contributed by atoms with Gasteiger partial charge in [-0.15, -0.1) is 0 Å². The summed E-state index contributed by atoms with van der Waals surface area (Å²) < 4.78 is 28.2. The number of ether oxygens (including phenoxy) is 2. The number of carbonyl (C=O) groups is 2. The average molecular weight is 534 g/mol. The van der Waals surface area contributed by atoms with Gasteiger partial charge in [0.25, 0.3) is 0 Å². The highest BCUT2D eigenvalue weighted by Crippen LogP contribution is 2.30. The topological polar surface area (TPSA) is 88.3 Å². The van der Waals surface area contributed by atoms with E-state index in [9.17, 15) is 14.0 Å². The number of rotatable bonds is 6. The van der Waals surface area contributed by atoms with Gasteiger partial charge in [-0.25, -0.2) is 14.0 Å². The van der Waals surface area contributed by atoms with Crippen molar-refractivity contribution in [2.45, 2.75) is 16.3 Å². The second-order valence-electron chi connectivity index (χ2n) is 7.60. The number of cyclic esters (lactones) is 1. The van der Waals surface area contributed by atoms with Crippen LogP contribution in [0.15, 0.2) is 47.2 Å². The van der Waals surface area contributed by atoms with Crippen LogP contribution in [0.5, 0.6) is 0 Å². The molecule has 0 bridgehead atoms. The zero-order chi connectivity index (χ0) is 24.3. The van der Waals surface area contributed by atoms with E-state index in [1.165, 1.54) is 23.3 Å². The lowest BCUT2D eigenvalue weighted by Gasteiger charge is -2.26. The van der Waals surface area contributed by atoms with Crippen LogP contribution in [0.4, 0.5) is 31.2 Å². The molecule has 0 spiro atoms. The number of hydrogen-bond acceptors (Lipinski definition) is 7. The molecule has 0 radical (unpaired) electrons. The molecule has 3 heterocycles. The predicted molar refractivity (Wildman–Crippen MR) is 125 cm³/mol. The van der Waals surface area contributed by atoms with E-state index in [-0.39, 0.29) is 18.9 Å². The fourth-order valence-corrected chi connectivity index (χ4v) is 3.80. The third kappa shape index (κ3) is 5.86. The number of hydrogen-bond donors (Lipinski definition) is 0. The van der Waals surface area contributed by atoms with Crippen molar-refractivity contribution in [2.75, 3.05) is 47.5 Å². The van der Waals surface area contributed by atoms with Crippen molar-refractivity contribution in [1.29, 1.82) is 0 Å². The Balaban J connectivity index is 1.45. The van der Waals surface area contributed by atoms with Crippen LogP contribution in [0.25, 0.3) is 0 Å². The molecule has 1 aromatic carbocycles. The molecule has 1 atom stereocenters. The summed E-state index contributed by atoms with van der Waals surface area (Å²) in [5, 5.41) is 3.72. The minimum absolute atomic E-state index is 0.0656. The van der Waals surface area contributed by atoms with Crippen LogP contribution in [-0.4, -0.2) is 60.0 Å². The Hall–Kier alpha value is -2.69. The smallest absolute Gasteiger partial charge is 0.415 e. The summed E-state index contributed by atoms with van der Waals surface area (Å²) >= 11 is 16.9. The minimum Gasteiger partial charge on any atom is -0.445 e. The molecule has 2 amide bonds. The summed E-state index contributed by atoms with van der Waals surface area (Å²) in [6, 6.07) is 6.02. The van der Waals surface area contributed by atoms with Crippen LogP contribution < -0.4 is 14.7 Å². The standard InChI is InChI=1S/C21H20Cl3FN4O5/c22-21(23,24)13-32-19(30)29(18-6-9-33-26-18)12-15-11-28(20(31)34-15)14-4-5-17(16(25)10-14)27-7-2-1-3-8-27/h1-2,4-6,9-10,15H,3,7-8,11-13H2/t15-/m1/s1. The maximum atomic E-state index is 14.8. The molecule has 9 nitrogen and oxygen atoms in total. The van der Waals surface area contributed by atoms with Gasteiger partial charge in [0.15, 0.2) is 5.82 Å². The molecule has 0 unspecified atom stereocenters. The van der Waals surface area contributed by atoms with E-state index in [0.29, 0.717) is 24.5 Å². The lowest BCUT2D eigenvalue weighted by atomic mass is 10.2. The Kier molecular flexibility index (Phi) is 7.39. The molecule has 4 rings (SSSR count). The van der Waals surface area contributed by atoms with Gasteiger partial charge in [0.1, 0.15) is 24.8 Å². The maximum absolute atomic E-state index is 14.8. The van der Waals surface area contributed by atoms with E-state index in [4.69, 9.17) is 48.8 Å². The molecule has 0 saturated carbocycles. The van der Waals surface area contributed by atoms with Crippen molar-refractivity contribution in [3.05, 3.63) is 48.5 Å². The molecular weight excluding hydrogens is 514 g/mol. The number of alkyl halides is 3. The van der Waals surface area contributed by atoms with Crippen LogP contribution in [0.3, 0.4) is 0 Å². The van der Waals surface area contributed by atoms with Crippen molar-refractivity contribution in [3.63, 3.8) is 0 Å². The zero-order valence-corrected chi connectivity index (χ0v) is 20.0. The van der Waals surface area contributed by atoms with Crippen LogP contribution >= 0.6 is 34.8 Å². The summed E-state index contributed by atoms with van der Waals surface area (Å²) in [5.74, 6) is -0.321. The third-order valence-corrected chi connectivity index (χ3v) is 5.51. The number of nitrogens with zero attached hydrogens (tertiary/aromatic N) is 4. The minimum atomic E-state index is -1.80.